The van der Waals surface area contributed by atoms with Crippen molar-refractivity contribution >= 4 is 15.9 Å². The highest BCUT2D eigenvalue weighted by molar-refractivity contribution is 9.10. The normalized spacial score (nSPS) is 11.4. The van der Waals surface area contributed by atoms with Crippen LogP contribution in [0.4, 0.5) is 13.2 Å². The van der Waals surface area contributed by atoms with Gasteiger partial charge in [0.1, 0.15) is 0 Å². The Morgan fingerprint density at radius 2 is 1.80 bits per heavy atom. The number of hydrogen-bond acceptors (Lipinski definition) is 3. The first-order valence-corrected chi connectivity index (χ1v) is 8.50. The van der Waals surface area contributed by atoms with E-state index in [0.29, 0.717) is 36.8 Å². The van der Waals surface area contributed by atoms with Gasteiger partial charge in [-0.1, -0.05) is 18.2 Å². The van der Waals surface area contributed by atoms with Crippen LogP contribution in [-0.2, 0) is 19.3 Å². The first-order valence-electron chi connectivity index (χ1n) is 7.71. The lowest BCUT2D eigenvalue weighted by molar-refractivity contribution is -0.137. The van der Waals surface area contributed by atoms with Gasteiger partial charge in [-0.2, -0.15) is 13.2 Å². The highest BCUT2D eigenvalue weighted by Crippen LogP contribution is 2.36. The van der Waals surface area contributed by atoms with E-state index in [2.05, 4.69) is 21.2 Å². The molecule has 0 aliphatic rings. The van der Waals surface area contributed by atoms with Gasteiger partial charge in [0, 0.05) is 13.1 Å². The number of nitrogens with one attached hydrogen (secondary N) is 1. The molecule has 25 heavy (non-hydrogen) atoms. The van der Waals surface area contributed by atoms with Gasteiger partial charge in [0.05, 0.1) is 23.8 Å². The first-order chi connectivity index (χ1) is 11.8. The van der Waals surface area contributed by atoms with Crippen LogP contribution in [0.2, 0.25) is 0 Å². The van der Waals surface area contributed by atoms with Crippen molar-refractivity contribution in [3.63, 3.8) is 0 Å². The number of rotatable bonds is 7. The van der Waals surface area contributed by atoms with Gasteiger partial charge in [0.15, 0.2) is 11.5 Å². The fourth-order valence-corrected chi connectivity index (χ4v) is 2.97. The highest BCUT2D eigenvalue weighted by atomic mass is 79.9. The topological polar surface area (TPSA) is 30.5 Å². The zero-order valence-corrected chi connectivity index (χ0v) is 15.5. The van der Waals surface area contributed by atoms with Gasteiger partial charge in [0.25, 0.3) is 0 Å². The molecule has 0 heterocycles. The van der Waals surface area contributed by atoms with E-state index in [0.717, 1.165) is 22.2 Å². The molecule has 0 fully saturated rings. The Bertz CT molecular complexity index is 720. The number of hydrogen-bond donors (Lipinski definition) is 1. The van der Waals surface area contributed by atoms with Gasteiger partial charge >= 0.3 is 6.18 Å². The summed E-state index contributed by atoms with van der Waals surface area (Å²) in [6.07, 6.45) is -4.33. The molecule has 0 aliphatic heterocycles. The molecule has 0 unspecified atom stereocenters. The molecule has 0 aromatic heterocycles. The Kier molecular flexibility index (Phi) is 6.72. The molecule has 0 saturated heterocycles. The van der Waals surface area contributed by atoms with Crippen molar-refractivity contribution in [2.45, 2.75) is 26.2 Å². The molecule has 0 radical (unpaired) electrons. The SMILES string of the molecule is CCOc1c(Br)cc(CNCc2cccc(C(F)(F)F)c2)cc1OC. The molecular weight excluding hydrogens is 399 g/mol. The fourth-order valence-electron chi connectivity index (χ4n) is 2.37. The third kappa shape index (κ3) is 5.37. The van der Waals surface area contributed by atoms with E-state index < -0.39 is 11.7 Å². The number of halogens is 4. The minimum absolute atomic E-state index is 0.330. The van der Waals surface area contributed by atoms with Crippen LogP contribution in [0.5, 0.6) is 11.5 Å². The minimum atomic E-state index is -4.33. The minimum Gasteiger partial charge on any atom is -0.493 e. The van der Waals surface area contributed by atoms with Crippen molar-refractivity contribution < 1.29 is 22.6 Å². The van der Waals surface area contributed by atoms with Crippen LogP contribution in [0.3, 0.4) is 0 Å². The molecule has 2 aromatic rings. The van der Waals surface area contributed by atoms with Crippen molar-refractivity contribution in [3.8, 4) is 11.5 Å². The van der Waals surface area contributed by atoms with Gasteiger partial charge in [-0.25, -0.2) is 0 Å². The molecule has 0 bridgehead atoms. The zero-order valence-electron chi connectivity index (χ0n) is 13.9. The molecule has 0 atom stereocenters. The lowest BCUT2D eigenvalue weighted by Crippen LogP contribution is -2.14. The van der Waals surface area contributed by atoms with E-state index in [1.54, 1.807) is 13.2 Å². The van der Waals surface area contributed by atoms with E-state index >= 15 is 0 Å². The van der Waals surface area contributed by atoms with Gasteiger partial charge in [-0.3, -0.25) is 0 Å². The Morgan fingerprint density at radius 1 is 1.08 bits per heavy atom. The van der Waals surface area contributed by atoms with Gasteiger partial charge in [-0.05, 0) is 52.2 Å². The van der Waals surface area contributed by atoms with Crippen LogP contribution in [0.25, 0.3) is 0 Å². The smallest absolute Gasteiger partial charge is 0.416 e. The second-order valence-corrected chi connectivity index (χ2v) is 6.20. The Balaban J connectivity index is 2.04. The van der Waals surface area contributed by atoms with Crippen molar-refractivity contribution in [2.75, 3.05) is 13.7 Å². The maximum absolute atomic E-state index is 12.7. The second-order valence-electron chi connectivity index (χ2n) is 5.34. The predicted molar refractivity (Wildman–Crippen MR) is 93.9 cm³/mol. The van der Waals surface area contributed by atoms with Crippen molar-refractivity contribution in [1.82, 2.24) is 5.32 Å². The quantitative estimate of drug-likeness (QED) is 0.674. The van der Waals surface area contributed by atoms with E-state index in [-0.39, 0.29) is 0 Å². The van der Waals surface area contributed by atoms with Crippen LogP contribution >= 0.6 is 15.9 Å². The molecule has 3 nitrogen and oxygen atoms in total. The van der Waals surface area contributed by atoms with E-state index in [9.17, 15) is 13.2 Å². The number of benzene rings is 2. The number of methoxy groups -OCH3 is 1. The highest BCUT2D eigenvalue weighted by Gasteiger charge is 2.30. The Labute approximate surface area is 153 Å². The van der Waals surface area contributed by atoms with Crippen molar-refractivity contribution in [3.05, 3.63) is 57.6 Å². The summed E-state index contributed by atoms with van der Waals surface area (Å²) in [7, 11) is 1.56. The molecular formula is C18H19BrF3NO2. The maximum atomic E-state index is 12.7. The molecule has 0 aliphatic carbocycles. The number of ether oxygens (including phenoxy) is 2. The molecule has 136 valence electrons. The van der Waals surface area contributed by atoms with Crippen molar-refractivity contribution in [2.24, 2.45) is 0 Å². The molecule has 2 aromatic carbocycles. The van der Waals surface area contributed by atoms with Gasteiger partial charge in [-0.15, -0.1) is 0 Å². The summed E-state index contributed by atoms with van der Waals surface area (Å²) in [5.74, 6) is 1.23. The van der Waals surface area contributed by atoms with Crippen LogP contribution in [0, 0.1) is 0 Å². The summed E-state index contributed by atoms with van der Waals surface area (Å²) in [5, 5.41) is 3.14. The van der Waals surface area contributed by atoms with Crippen LogP contribution in [0.1, 0.15) is 23.6 Å². The van der Waals surface area contributed by atoms with E-state index in [4.69, 9.17) is 9.47 Å². The van der Waals surface area contributed by atoms with Crippen molar-refractivity contribution in [1.29, 1.82) is 0 Å². The molecule has 2 rings (SSSR count). The predicted octanol–water partition coefficient (Wildman–Crippen LogP) is 5.17. The summed E-state index contributed by atoms with van der Waals surface area (Å²) < 4.78 is 49.8. The third-order valence-corrected chi connectivity index (χ3v) is 4.08. The molecule has 7 heteroatoms. The zero-order chi connectivity index (χ0) is 18.4. The van der Waals surface area contributed by atoms with Crippen LogP contribution in [0.15, 0.2) is 40.9 Å². The lowest BCUT2D eigenvalue weighted by Gasteiger charge is -2.14. The largest absolute Gasteiger partial charge is 0.493 e. The van der Waals surface area contributed by atoms with Gasteiger partial charge < -0.3 is 14.8 Å². The summed E-state index contributed by atoms with van der Waals surface area (Å²) in [4.78, 5) is 0. The summed E-state index contributed by atoms with van der Waals surface area (Å²) >= 11 is 3.45. The van der Waals surface area contributed by atoms with Crippen LogP contribution in [-0.4, -0.2) is 13.7 Å². The van der Waals surface area contributed by atoms with E-state index in [1.807, 2.05) is 19.1 Å². The molecule has 0 saturated carbocycles. The fraction of sp³-hybridized carbons (Fsp3) is 0.333. The Hall–Kier alpha value is -1.73. The number of alkyl halides is 3. The van der Waals surface area contributed by atoms with E-state index in [1.165, 1.54) is 6.07 Å². The molecule has 0 amide bonds. The molecule has 1 N–H and O–H groups in total. The lowest BCUT2D eigenvalue weighted by atomic mass is 10.1. The standard InChI is InChI=1S/C18H19BrF3NO2/c1-3-25-17-15(19)8-13(9-16(17)24-2)11-23-10-12-5-4-6-14(7-12)18(20,21)22/h4-9,23H,3,10-11H2,1-2H3. The summed E-state index contributed by atoms with van der Waals surface area (Å²) in [6.45, 7) is 3.22. The monoisotopic (exact) mass is 417 g/mol. The van der Waals surface area contributed by atoms with Crippen LogP contribution < -0.4 is 14.8 Å². The third-order valence-electron chi connectivity index (χ3n) is 3.49. The summed E-state index contributed by atoms with van der Waals surface area (Å²) in [6, 6.07) is 9.04. The average molecular weight is 418 g/mol. The maximum Gasteiger partial charge on any atom is 0.416 e. The second kappa shape index (κ2) is 8.58. The molecule has 0 spiro atoms. The summed E-state index contributed by atoms with van der Waals surface area (Å²) in [5.41, 5.74) is 0.864. The first kappa shape index (κ1) is 19.6. The average Bonchev–Trinajstić information content (AvgIpc) is 2.56. The van der Waals surface area contributed by atoms with Gasteiger partial charge in [0.2, 0.25) is 0 Å². The Morgan fingerprint density at radius 3 is 2.44 bits per heavy atom.